The van der Waals surface area contributed by atoms with Gasteiger partial charge in [0.25, 0.3) is 0 Å². The van der Waals surface area contributed by atoms with E-state index in [0.29, 0.717) is 5.56 Å². The summed E-state index contributed by atoms with van der Waals surface area (Å²) in [6.07, 6.45) is 1.73. The number of aromatic nitrogens is 1. The average molecular weight is 257 g/mol. The van der Waals surface area contributed by atoms with Crippen molar-refractivity contribution in [2.24, 2.45) is 5.73 Å². The van der Waals surface area contributed by atoms with Gasteiger partial charge in [0.2, 0.25) is 0 Å². The summed E-state index contributed by atoms with van der Waals surface area (Å²) in [5, 5.41) is 8.33. The van der Waals surface area contributed by atoms with E-state index in [2.05, 4.69) is 36.2 Å². The SMILES string of the molecule is Cc1cccc(CSc2ncccc2C(=N)N)c1. The summed E-state index contributed by atoms with van der Waals surface area (Å²) in [6, 6.07) is 12.0. The molecule has 0 unspecified atom stereocenters. The smallest absolute Gasteiger partial charge is 0.125 e. The van der Waals surface area contributed by atoms with Crippen LogP contribution in [-0.2, 0) is 5.75 Å². The predicted octanol–water partition coefficient (Wildman–Crippen LogP) is 2.97. The van der Waals surface area contributed by atoms with Crippen LogP contribution < -0.4 is 5.73 Å². The van der Waals surface area contributed by atoms with Gasteiger partial charge in [0.1, 0.15) is 10.9 Å². The third-order valence-electron chi connectivity index (χ3n) is 2.52. The van der Waals surface area contributed by atoms with Crippen molar-refractivity contribution in [3.63, 3.8) is 0 Å². The fraction of sp³-hybridized carbons (Fsp3) is 0.143. The number of nitrogen functional groups attached to an aromatic ring is 1. The fourth-order valence-corrected chi connectivity index (χ4v) is 2.62. The molecule has 0 fully saturated rings. The molecule has 0 aliphatic carbocycles. The second kappa shape index (κ2) is 5.69. The Kier molecular flexibility index (Phi) is 3.99. The highest BCUT2D eigenvalue weighted by Gasteiger charge is 2.06. The molecule has 1 aromatic carbocycles. The Morgan fingerprint density at radius 1 is 1.33 bits per heavy atom. The molecule has 0 aliphatic heterocycles. The van der Waals surface area contributed by atoms with Crippen molar-refractivity contribution in [2.45, 2.75) is 17.7 Å². The highest BCUT2D eigenvalue weighted by Crippen LogP contribution is 2.24. The van der Waals surface area contributed by atoms with Gasteiger partial charge in [0, 0.05) is 17.5 Å². The van der Waals surface area contributed by atoms with Crippen LogP contribution in [0.3, 0.4) is 0 Å². The lowest BCUT2D eigenvalue weighted by molar-refractivity contribution is 1.11. The fourth-order valence-electron chi connectivity index (χ4n) is 1.66. The highest BCUT2D eigenvalue weighted by atomic mass is 32.2. The van der Waals surface area contributed by atoms with Crippen LogP contribution in [0.1, 0.15) is 16.7 Å². The molecule has 0 radical (unpaired) electrons. The van der Waals surface area contributed by atoms with E-state index in [1.54, 1.807) is 24.0 Å². The maximum Gasteiger partial charge on any atom is 0.125 e. The largest absolute Gasteiger partial charge is 0.384 e. The number of nitrogens with two attached hydrogens (primary N) is 1. The van der Waals surface area contributed by atoms with Gasteiger partial charge in [-0.1, -0.05) is 29.8 Å². The summed E-state index contributed by atoms with van der Waals surface area (Å²) in [7, 11) is 0. The monoisotopic (exact) mass is 257 g/mol. The van der Waals surface area contributed by atoms with Gasteiger partial charge in [-0.05, 0) is 24.6 Å². The minimum Gasteiger partial charge on any atom is -0.384 e. The molecule has 0 amide bonds. The van der Waals surface area contributed by atoms with Crippen molar-refractivity contribution in [3.8, 4) is 0 Å². The van der Waals surface area contributed by atoms with E-state index in [9.17, 15) is 0 Å². The molecule has 3 N–H and O–H groups in total. The topological polar surface area (TPSA) is 62.8 Å². The Balaban J connectivity index is 2.13. The third-order valence-corrected chi connectivity index (χ3v) is 3.60. The van der Waals surface area contributed by atoms with Crippen LogP contribution >= 0.6 is 11.8 Å². The molecule has 0 atom stereocenters. The zero-order valence-electron chi connectivity index (χ0n) is 10.2. The minimum absolute atomic E-state index is 0.0647. The van der Waals surface area contributed by atoms with Crippen LogP contribution in [0.2, 0.25) is 0 Å². The van der Waals surface area contributed by atoms with E-state index in [-0.39, 0.29) is 5.84 Å². The molecule has 0 spiro atoms. The van der Waals surface area contributed by atoms with Gasteiger partial charge in [0.05, 0.1) is 0 Å². The van der Waals surface area contributed by atoms with Crippen molar-refractivity contribution < 1.29 is 0 Å². The first kappa shape index (κ1) is 12.6. The Morgan fingerprint density at radius 3 is 2.89 bits per heavy atom. The number of amidine groups is 1. The van der Waals surface area contributed by atoms with E-state index >= 15 is 0 Å². The molecule has 0 saturated heterocycles. The average Bonchev–Trinajstić information content (AvgIpc) is 2.37. The van der Waals surface area contributed by atoms with Crippen molar-refractivity contribution in [1.82, 2.24) is 4.98 Å². The Bertz CT molecular complexity index is 566. The number of pyridine rings is 1. The minimum atomic E-state index is 0.0647. The number of nitrogens with zero attached hydrogens (tertiary/aromatic N) is 1. The van der Waals surface area contributed by atoms with Crippen LogP contribution in [0, 0.1) is 12.3 Å². The molecule has 18 heavy (non-hydrogen) atoms. The van der Waals surface area contributed by atoms with E-state index in [0.717, 1.165) is 10.8 Å². The summed E-state index contributed by atoms with van der Waals surface area (Å²) in [5.74, 6) is 0.897. The second-order valence-electron chi connectivity index (χ2n) is 4.05. The van der Waals surface area contributed by atoms with Gasteiger partial charge in [0.15, 0.2) is 0 Å². The van der Waals surface area contributed by atoms with Gasteiger partial charge >= 0.3 is 0 Å². The number of nitrogens with one attached hydrogen (secondary N) is 1. The number of thioether (sulfide) groups is 1. The van der Waals surface area contributed by atoms with E-state index in [1.807, 2.05) is 6.07 Å². The van der Waals surface area contributed by atoms with Crippen LogP contribution in [0.5, 0.6) is 0 Å². The molecule has 1 heterocycles. The van der Waals surface area contributed by atoms with E-state index in [1.165, 1.54) is 11.1 Å². The number of hydrogen-bond acceptors (Lipinski definition) is 3. The molecule has 0 aliphatic rings. The van der Waals surface area contributed by atoms with Gasteiger partial charge in [-0.3, -0.25) is 5.41 Å². The number of hydrogen-bond donors (Lipinski definition) is 2. The molecule has 2 rings (SSSR count). The van der Waals surface area contributed by atoms with E-state index < -0.39 is 0 Å². The first-order valence-electron chi connectivity index (χ1n) is 5.64. The number of aryl methyl sites for hydroxylation is 1. The maximum absolute atomic E-state index is 7.52. The lowest BCUT2D eigenvalue weighted by atomic mass is 10.2. The molecule has 4 heteroatoms. The summed E-state index contributed by atoms with van der Waals surface area (Å²) < 4.78 is 0. The summed E-state index contributed by atoms with van der Waals surface area (Å²) in [5.41, 5.74) is 8.74. The van der Waals surface area contributed by atoms with Crippen molar-refractivity contribution in [3.05, 3.63) is 59.3 Å². The first-order valence-corrected chi connectivity index (χ1v) is 6.63. The Hall–Kier alpha value is -1.81. The lowest BCUT2D eigenvalue weighted by Crippen LogP contribution is -2.12. The van der Waals surface area contributed by atoms with Crippen molar-refractivity contribution in [2.75, 3.05) is 0 Å². The van der Waals surface area contributed by atoms with Crippen molar-refractivity contribution in [1.29, 1.82) is 5.41 Å². The lowest BCUT2D eigenvalue weighted by Gasteiger charge is -2.06. The molecule has 2 aromatic rings. The second-order valence-corrected chi connectivity index (χ2v) is 5.01. The normalized spacial score (nSPS) is 10.3. The standard InChI is InChI=1S/C14H15N3S/c1-10-4-2-5-11(8-10)9-18-14-12(13(15)16)6-3-7-17-14/h2-8H,9H2,1H3,(H3,15,16). The summed E-state index contributed by atoms with van der Waals surface area (Å²) in [4.78, 5) is 4.28. The van der Waals surface area contributed by atoms with Crippen LogP contribution in [-0.4, -0.2) is 10.8 Å². The van der Waals surface area contributed by atoms with E-state index in [4.69, 9.17) is 11.1 Å². The van der Waals surface area contributed by atoms with Gasteiger partial charge in [-0.25, -0.2) is 4.98 Å². The van der Waals surface area contributed by atoms with Crippen LogP contribution in [0.15, 0.2) is 47.6 Å². The number of rotatable bonds is 4. The first-order chi connectivity index (χ1) is 8.66. The third kappa shape index (κ3) is 3.11. The van der Waals surface area contributed by atoms with Crippen LogP contribution in [0.25, 0.3) is 0 Å². The number of benzene rings is 1. The quantitative estimate of drug-likeness (QED) is 0.503. The highest BCUT2D eigenvalue weighted by molar-refractivity contribution is 7.98. The Labute approximate surface area is 111 Å². The molecule has 0 bridgehead atoms. The van der Waals surface area contributed by atoms with Gasteiger partial charge in [-0.15, -0.1) is 11.8 Å². The summed E-state index contributed by atoms with van der Waals surface area (Å²) >= 11 is 1.61. The molecule has 3 nitrogen and oxygen atoms in total. The van der Waals surface area contributed by atoms with Gasteiger partial charge < -0.3 is 5.73 Å². The zero-order valence-corrected chi connectivity index (χ0v) is 11.0. The molecule has 1 aromatic heterocycles. The van der Waals surface area contributed by atoms with Crippen LogP contribution in [0.4, 0.5) is 0 Å². The molecular weight excluding hydrogens is 242 g/mol. The van der Waals surface area contributed by atoms with Gasteiger partial charge in [-0.2, -0.15) is 0 Å². The molecule has 0 saturated carbocycles. The van der Waals surface area contributed by atoms with Crippen molar-refractivity contribution >= 4 is 17.6 Å². The molecular formula is C14H15N3S. The molecule has 92 valence electrons. The summed E-state index contributed by atoms with van der Waals surface area (Å²) in [6.45, 7) is 2.08. The zero-order chi connectivity index (χ0) is 13.0. The Morgan fingerprint density at radius 2 is 2.17 bits per heavy atom. The predicted molar refractivity (Wildman–Crippen MR) is 76.0 cm³/mol. The maximum atomic E-state index is 7.52.